The fraction of sp³-hybridized carbons (Fsp3) is 0.833. The summed E-state index contributed by atoms with van der Waals surface area (Å²) in [6.45, 7) is 0.833. The molecule has 0 aliphatic carbocycles. The summed E-state index contributed by atoms with van der Waals surface area (Å²) in [6.07, 6.45) is 0. The number of carbonyl (C=O) groups is 1. The predicted octanol–water partition coefficient (Wildman–Crippen LogP) is -0.676. The number of carboxylic acid groups (broad SMARTS) is 1. The number of rotatable bonds is 1. The first kappa shape index (κ1) is 16.7. The van der Waals surface area contributed by atoms with Gasteiger partial charge in [0, 0.05) is 21.1 Å². The van der Waals surface area contributed by atoms with Gasteiger partial charge in [-0.2, -0.15) is 0 Å². The van der Waals surface area contributed by atoms with Crippen LogP contribution in [0.15, 0.2) is 0 Å². The number of hydrogen-bond donors (Lipinski definition) is 3. The van der Waals surface area contributed by atoms with E-state index in [1.54, 1.807) is 14.2 Å². The Bertz CT molecular complexity index is 58.0. The van der Waals surface area contributed by atoms with Crippen LogP contribution in [-0.2, 0) is 9.53 Å². The number of aliphatic carboxylic acids is 1. The zero-order valence-electron chi connectivity index (χ0n) is 7.07. The highest BCUT2D eigenvalue weighted by Crippen LogP contribution is 1.42. The maximum Gasteiger partial charge on any atom is 0.300 e. The van der Waals surface area contributed by atoms with Crippen LogP contribution < -0.4 is 0 Å². The van der Waals surface area contributed by atoms with Crippen LogP contribution in [0.1, 0.15) is 6.92 Å². The minimum atomic E-state index is -0.833. The van der Waals surface area contributed by atoms with Crippen LogP contribution in [0.3, 0.4) is 0 Å². The first-order valence-electron chi connectivity index (χ1n) is 2.88. The van der Waals surface area contributed by atoms with Gasteiger partial charge in [-0.1, -0.05) is 0 Å². The Morgan fingerprint density at radius 2 is 1.36 bits per heavy atom. The van der Waals surface area contributed by atoms with Crippen LogP contribution in [-0.4, -0.2) is 48.7 Å². The van der Waals surface area contributed by atoms with Crippen molar-refractivity contribution in [3.63, 3.8) is 0 Å². The molecule has 0 heterocycles. The number of aliphatic hydroxyl groups is 2. The first-order valence-corrected chi connectivity index (χ1v) is 2.88. The average molecular weight is 168 g/mol. The van der Waals surface area contributed by atoms with Crippen molar-refractivity contribution in [3.8, 4) is 0 Å². The summed E-state index contributed by atoms with van der Waals surface area (Å²) in [5.41, 5.74) is 0. The zero-order chi connectivity index (χ0) is 9.70. The van der Waals surface area contributed by atoms with Gasteiger partial charge in [0.25, 0.3) is 5.97 Å². The van der Waals surface area contributed by atoms with E-state index in [4.69, 9.17) is 20.1 Å². The third-order valence-electron chi connectivity index (χ3n) is 0.1000. The highest BCUT2D eigenvalue weighted by molar-refractivity contribution is 5.62. The maximum atomic E-state index is 9.00. The van der Waals surface area contributed by atoms with Gasteiger partial charge in [-0.15, -0.1) is 0 Å². The third kappa shape index (κ3) is 4120. The highest BCUT2D eigenvalue weighted by Gasteiger charge is 1.65. The number of ether oxygens (including phenoxy) is 1. The average Bonchev–Trinajstić information content (AvgIpc) is 1.88. The molecule has 0 unspecified atom stereocenters. The lowest BCUT2D eigenvalue weighted by atomic mass is 10.8. The number of carboxylic acids is 1. The van der Waals surface area contributed by atoms with E-state index in [-0.39, 0.29) is 13.2 Å². The van der Waals surface area contributed by atoms with E-state index < -0.39 is 5.97 Å². The van der Waals surface area contributed by atoms with Crippen molar-refractivity contribution in [2.24, 2.45) is 0 Å². The fourth-order valence-electron chi connectivity index (χ4n) is 0. The van der Waals surface area contributed by atoms with Gasteiger partial charge in [-0.3, -0.25) is 4.79 Å². The third-order valence-corrected chi connectivity index (χ3v) is 0.1000. The molecule has 0 amide bonds. The lowest BCUT2D eigenvalue weighted by Crippen LogP contribution is -1.85. The summed E-state index contributed by atoms with van der Waals surface area (Å²) < 4.78 is 4.25. The molecular formula is C6H16O5. The molecule has 0 rings (SSSR count). The molecule has 0 saturated heterocycles. The molecule has 3 N–H and O–H groups in total. The van der Waals surface area contributed by atoms with Gasteiger partial charge >= 0.3 is 0 Å². The molecule has 5 nitrogen and oxygen atoms in total. The van der Waals surface area contributed by atoms with Gasteiger partial charge in [0.15, 0.2) is 0 Å². The molecule has 70 valence electrons. The van der Waals surface area contributed by atoms with Gasteiger partial charge in [-0.25, -0.2) is 0 Å². The Kier molecular flexibility index (Phi) is 34.7. The molecule has 0 aromatic rings. The van der Waals surface area contributed by atoms with Gasteiger partial charge in [0.1, 0.15) is 0 Å². The van der Waals surface area contributed by atoms with Crippen molar-refractivity contribution in [3.05, 3.63) is 0 Å². The SMILES string of the molecule is CC(=O)O.COC.OCCO. The number of methoxy groups -OCH3 is 1. The smallest absolute Gasteiger partial charge is 0.300 e. The Hall–Kier alpha value is -0.650. The van der Waals surface area contributed by atoms with E-state index >= 15 is 0 Å². The van der Waals surface area contributed by atoms with Gasteiger partial charge in [0.05, 0.1) is 13.2 Å². The quantitative estimate of drug-likeness (QED) is 0.483. The maximum absolute atomic E-state index is 9.00. The van der Waals surface area contributed by atoms with E-state index in [1.807, 2.05) is 0 Å². The molecule has 0 aromatic heterocycles. The highest BCUT2D eigenvalue weighted by atomic mass is 16.4. The van der Waals surface area contributed by atoms with E-state index in [0.717, 1.165) is 6.92 Å². The van der Waals surface area contributed by atoms with Crippen molar-refractivity contribution >= 4 is 5.97 Å². The van der Waals surface area contributed by atoms with E-state index in [1.165, 1.54) is 0 Å². The second kappa shape index (κ2) is 22.8. The Balaban J connectivity index is -0.0000000886. The zero-order valence-corrected chi connectivity index (χ0v) is 7.07. The molecule has 0 radical (unpaired) electrons. The van der Waals surface area contributed by atoms with E-state index in [0.29, 0.717) is 0 Å². The van der Waals surface area contributed by atoms with Crippen molar-refractivity contribution in [2.45, 2.75) is 6.92 Å². The van der Waals surface area contributed by atoms with Gasteiger partial charge in [0.2, 0.25) is 0 Å². The molecule has 5 heteroatoms. The molecule has 0 aromatic carbocycles. The molecule has 11 heavy (non-hydrogen) atoms. The Morgan fingerprint density at radius 1 is 1.27 bits per heavy atom. The standard InChI is InChI=1S/C2H4O2.C2H6O2.C2H6O/c1-2(3)4;3-1-2-4;1-3-2/h1H3,(H,3,4);3-4H,1-2H2;1-2H3. The van der Waals surface area contributed by atoms with Crippen molar-refractivity contribution in [1.82, 2.24) is 0 Å². The summed E-state index contributed by atoms with van der Waals surface area (Å²) in [6, 6.07) is 0. The Labute approximate surface area is 66.2 Å². The topological polar surface area (TPSA) is 87.0 Å². The molecule has 0 fully saturated rings. The molecule has 0 bridgehead atoms. The molecular weight excluding hydrogens is 152 g/mol. The number of hydrogen-bond acceptors (Lipinski definition) is 4. The van der Waals surface area contributed by atoms with Crippen LogP contribution in [0.5, 0.6) is 0 Å². The van der Waals surface area contributed by atoms with Crippen LogP contribution >= 0.6 is 0 Å². The predicted molar refractivity (Wildman–Crippen MR) is 40.4 cm³/mol. The summed E-state index contributed by atoms with van der Waals surface area (Å²) in [5.74, 6) is -0.833. The largest absolute Gasteiger partial charge is 0.481 e. The Morgan fingerprint density at radius 3 is 1.36 bits per heavy atom. The van der Waals surface area contributed by atoms with Crippen molar-refractivity contribution in [2.75, 3.05) is 27.4 Å². The molecule has 0 aliphatic rings. The molecule has 0 saturated carbocycles. The first-order chi connectivity index (χ1) is 5.06. The van der Waals surface area contributed by atoms with Crippen molar-refractivity contribution < 1.29 is 24.9 Å². The second-order valence-corrected chi connectivity index (χ2v) is 1.37. The summed E-state index contributed by atoms with van der Waals surface area (Å²) in [5, 5.41) is 22.7. The lowest BCUT2D eigenvalue weighted by Gasteiger charge is -1.70. The van der Waals surface area contributed by atoms with Crippen molar-refractivity contribution in [1.29, 1.82) is 0 Å². The second-order valence-electron chi connectivity index (χ2n) is 1.37. The molecule has 0 atom stereocenters. The van der Waals surface area contributed by atoms with E-state index in [2.05, 4.69) is 4.74 Å². The van der Waals surface area contributed by atoms with Crippen LogP contribution in [0.2, 0.25) is 0 Å². The van der Waals surface area contributed by atoms with Gasteiger partial charge in [-0.05, 0) is 0 Å². The molecule has 0 spiro atoms. The minimum absolute atomic E-state index is 0.125. The van der Waals surface area contributed by atoms with E-state index in [9.17, 15) is 0 Å². The van der Waals surface area contributed by atoms with Crippen LogP contribution in [0.4, 0.5) is 0 Å². The summed E-state index contributed by atoms with van der Waals surface area (Å²) in [7, 11) is 3.25. The van der Waals surface area contributed by atoms with Crippen LogP contribution in [0, 0.1) is 0 Å². The number of aliphatic hydroxyl groups excluding tert-OH is 2. The summed E-state index contributed by atoms with van der Waals surface area (Å²) in [4.78, 5) is 9.00. The van der Waals surface area contributed by atoms with Gasteiger partial charge < -0.3 is 20.1 Å². The fourth-order valence-corrected chi connectivity index (χ4v) is 0. The monoisotopic (exact) mass is 168 g/mol. The molecule has 0 aliphatic heterocycles. The lowest BCUT2D eigenvalue weighted by molar-refractivity contribution is -0.134. The minimum Gasteiger partial charge on any atom is -0.481 e. The normalized spacial score (nSPS) is 6.64. The van der Waals surface area contributed by atoms with Crippen LogP contribution in [0.25, 0.3) is 0 Å². The summed E-state index contributed by atoms with van der Waals surface area (Å²) >= 11 is 0.